The molecule has 6 nitrogen and oxygen atoms in total. The second-order valence-electron chi connectivity index (χ2n) is 7.30. The van der Waals surface area contributed by atoms with Crippen molar-refractivity contribution in [1.29, 1.82) is 0 Å². The number of hydrazine groups is 1. The summed E-state index contributed by atoms with van der Waals surface area (Å²) < 4.78 is 0. The van der Waals surface area contributed by atoms with Crippen molar-refractivity contribution in [3.05, 3.63) is 35.9 Å². The Balaban J connectivity index is 2.16. The first-order valence-electron chi connectivity index (χ1n) is 9.47. The van der Waals surface area contributed by atoms with Gasteiger partial charge in [0.2, 0.25) is 13.3 Å². The SMILES string of the molecule is CC[C@@H](C)[C@@]1(CBNN)CCN(C(CCc2ccccc2)C(=O)O)C1=O. The zero-order chi connectivity index (χ0) is 19.2. The van der Waals surface area contributed by atoms with Crippen molar-refractivity contribution in [3.8, 4) is 0 Å². The molecule has 0 aliphatic carbocycles. The molecule has 1 aliphatic rings. The summed E-state index contributed by atoms with van der Waals surface area (Å²) in [5.41, 5.74) is 0.576. The fourth-order valence-corrected chi connectivity index (χ4v) is 4.09. The van der Waals surface area contributed by atoms with E-state index in [0.717, 1.165) is 12.0 Å². The van der Waals surface area contributed by atoms with E-state index in [1.807, 2.05) is 30.3 Å². The van der Waals surface area contributed by atoms with E-state index in [1.54, 1.807) is 4.90 Å². The smallest absolute Gasteiger partial charge is 0.326 e. The number of likely N-dealkylation sites (tertiary alicyclic amines) is 1. The monoisotopic (exact) mass is 359 g/mol. The summed E-state index contributed by atoms with van der Waals surface area (Å²) in [7, 11) is 0.547. The summed E-state index contributed by atoms with van der Waals surface area (Å²) in [6.07, 6.45) is 3.28. The highest BCUT2D eigenvalue weighted by Gasteiger charge is 2.51. The van der Waals surface area contributed by atoms with Crippen LogP contribution in [0, 0.1) is 11.3 Å². The van der Waals surface area contributed by atoms with Crippen LogP contribution in [0.15, 0.2) is 30.3 Å². The van der Waals surface area contributed by atoms with Crippen LogP contribution >= 0.6 is 0 Å². The molecule has 1 aromatic rings. The van der Waals surface area contributed by atoms with Gasteiger partial charge in [-0.25, -0.2) is 4.79 Å². The van der Waals surface area contributed by atoms with Crippen molar-refractivity contribution in [2.24, 2.45) is 17.2 Å². The van der Waals surface area contributed by atoms with E-state index in [9.17, 15) is 14.7 Å². The summed E-state index contributed by atoms with van der Waals surface area (Å²) in [4.78, 5) is 26.8. The number of carbonyl (C=O) groups is 2. The zero-order valence-corrected chi connectivity index (χ0v) is 15.8. The number of rotatable bonds is 10. The van der Waals surface area contributed by atoms with Crippen LogP contribution in [0.1, 0.15) is 38.7 Å². The Bertz CT molecular complexity index is 613. The average Bonchev–Trinajstić information content (AvgIpc) is 2.98. The normalized spacial score (nSPS) is 22.3. The maximum Gasteiger partial charge on any atom is 0.326 e. The van der Waals surface area contributed by atoms with E-state index >= 15 is 0 Å². The maximum atomic E-state index is 13.3. The van der Waals surface area contributed by atoms with Crippen molar-refractivity contribution >= 4 is 19.3 Å². The van der Waals surface area contributed by atoms with Gasteiger partial charge in [-0.3, -0.25) is 10.6 Å². The highest BCUT2D eigenvalue weighted by Crippen LogP contribution is 2.44. The molecule has 1 aromatic carbocycles. The summed E-state index contributed by atoms with van der Waals surface area (Å²) in [5, 5.41) is 12.4. The van der Waals surface area contributed by atoms with E-state index in [4.69, 9.17) is 5.84 Å². The summed E-state index contributed by atoms with van der Waals surface area (Å²) in [5.74, 6) is 4.68. The molecular formula is C19H30BN3O3. The lowest BCUT2D eigenvalue weighted by atomic mass is 9.62. The van der Waals surface area contributed by atoms with Crippen LogP contribution in [0.4, 0.5) is 0 Å². The van der Waals surface area contributed by atoms with Crippen molar-refractivity contribution in [3.63, 3.8) is 0 Å². The van der Waals surface area contributed by atoms with Gasteiger partial charge in [0, 0.05) is 12.0 Å². The number of aryl methyl sites for hydroxylation is 1. The molecule has 0 aromatic heterocycles. The van der Waals surface area contributed by atoms with Gasteiger partial charge in [0.05, 0.1) is 0 Å². The highest BCUT2D eigenvalue weighted by atomic mass is 16.4. The van der Waals surface area contributed by atoms with Gasteiger partial charge in [-0.1, -0.05) is 50.6 Å². The third-order valence-corrected chi connectivity index (χ3v) is 5.97. The molecule has 0 saturated carbocycles. The molecule has 142 valence electrons. The van der Waals surface area contributed by atoms with Crippen LogP contribution in [0.2, 0.25) is 6.32 Å². The average molecular weight is 359 g/mol. The Kier molecular flexibility index (Phi) is 7.23. The van der Waals surface area contributed by atoms with Crippen LogP contribution < -0.4 is 11.2 Å². The van der Waals surface area contributed by atoms with Crippen molar-refractivity contribution in [2.75, 3.05) is 6.54 Å². The number of hydrogen-bond acceptors (Lipinski definition) is 4. The third-order valence-electron chi connectivity index (χ3n) is 5.97. The van der Waals surface area contributed by atoms with Crippen molar-refractivity contribution in [1.82, 2.24) is 10.2 Å². The molecule has 1 amide bonds. The number of carboxylic acids is 1. The van der Waals surface area contributed by atoms with Gasteiger partial charge < -0.3 is 15.3 Å². The summed E-state index contributed by atoms with van der Waals surface area (Å²) in [6.45, 7) is 4.65. The van der Waals surface area contributed by atoms with E-state index in [0.29, 0.717) is 39.5 Å². The molecule has 4 N–H and O–H groups in total. The Morgan fingerprint density at radius 1 is 1.42 bits per heavy atom. The van der Waals surface area contributed by atoms with Crippen LogP contribution in [0.5, 0.6) is 0 Å². The molecule has 1 aliphatic heterocycles. The minimum atomic E-state index is -0.925. The molecule has 2 rings (SSSR count). The van der Waals surface area contributed by atoms with Gasteiger partial charge in [0.15, 0.2) is 0 Å². The van der Waals surface area contributed by atoms with E-state index < -0.39 is 17.4 Å². The van der Waals surface area contributed by atoms with Crippen molar-refractivity contribution in [2.45, 2.75) is 51.9 Å². The number of hydrogen-bond donors (Lipinski definition) is 3. The van der Waals surface area contributed by atoms with E-state index in [1.165, 1.54) is 0 Å². The first kappa shape index (κ1) is 20.5. The fourth-order valence-electron chi connectivity index (χ4n) is 4.09. The predicted molar refractivity (Wildman–Crippen MR) is 104 cm³/mol. The lowest BCUT2D eigenvalue weighted by Gasteiger charge is -2.34. The first-order valence-corrected chi connectivity index (χ1v) is 9.47. The number of nitrogens with zero attached hydrogens (tertiary/aromatic N) is 1. The first-order chi connectivity index (χ1) is 12.5. The quantitative estimate of drug-likeness (QED) is 0.335. The Labute approximate surface area is 156 Å². The molecule has 0 spiro atoms. The van der Waals surface area contributed by atoms with Gasteiger partial charge >= 0.3 is 5.97 Å². The Morgan fingerprint density at radius 3 is 2.69 bits per heavy atom. The summed E-state index contributed by atoms with van der Waals surface area (Å²) in [6, 6.07) is 9.02. The van der Waals surface area contributed by atoms with Crippen LogP contribution in [0.25, 0.3) is 0 Å². The molecule has 0 radical (unpaired) electrons. The Morgan fingerprint density at radius 2 is 2.12 bits per heavy atom. The van der Waals surface area contributed by atoms with Gasteiger partial charge in [0.25, 0.3) is 0 Å². The van der Waals surface area contributed by atoms with Crippen LogP contribution in [0.3, 0.4) is 0 Å². The molecule has 1 saturated heterocycles. The van der Waals surface area contributed by atoms with Gasteiger partial charge in [-0.2, -0.15) is 0 Å². The fraction of sp³-hybridized carbons (Fsp3) is 0.579. The lowest BCUT2D eigenvalue weighted by Crippen LogP contribution is -2.48. The number of aliphatic carboxylic acids is 1. The molecular weight excluding hydrogens is 329 g/mol. The standard InChI is InChI=1S/C19H30BN3O3/c1-3-14(2)19(13-20-22-21)11-12-23(18(19)26)16(17(24)25)10-9-15-7-5-4-6-8-15/h4-8,14,16,20,22H,3,9-13,21H2,1-2H3,(H,24,25)/t14-,16?,19+/m1/s1. The second-order valence-corrected chi connectivity index (χ2v) is 7.30. The molecule has 1 unspecified atom stereocenters. The van der Waals surface area contributed by atoms with Gasteiger partial charge in [0.1, 0.15) is 6.04 Å². The van der Waals surface area contributed by atoms with Crippen molar-refractivity contribution < 1.29 is 14.7 Å². The van der Waals surface area contributed by atoms with E-state index in [2.05, 4.69) is 19.2 Å². The number of carboxylic acid groups (broad SMARTS) is 1. The highest BCUT2D eigenvalue weighted by molar-refractivity contribution is 6.33. The molecule has 1 fully saturated rings. The van der Waals surface area contributed by atoms with Gasteiger partial charge in [-0.05, 0) is 37.1 Å². The molecule has 3 atom stereocenters. The molecule has 26 heavy (non-hydrogen) atoms. The Hall–Kier alpha value is -1.86. The topological polar surface area (TPSA) is 95.7 Å². The van der Waals surface area contributed by atoms with Crippen LogP contribution in [-0.4, -0.2) is 41.9 Å². The molecule has 1 heterocycles. The number of nitrogens with two attached hydrogens (primary N) is 1. The number of nitrogens with one attached hydrogen (secondary N) is 1. The number of carbonyl (C=O) groups excluding carboxylic acids is 1. The minimum absolute atomic E-state index is 0.0254. The second kappa shape index (κ2) is 9.19. The molecule has 7 heteroatoms. The minimum Gasteiger partial charge on any atom is -0.480 e. The van der Waals surface area contributed by atoms with Crippen LogP contribution in [-0.2, 0) is 16.0 Å². The summed E-state index contributed by atoms with van der Waals surface area (Å²) >= 11 is 0. The zero-order valence-electron chi connectivity index (χ0n) is 15.8. The predicted octanol–water partition coefficient (Wildman–Crippen LogP) is 1.57. The maximum absolute atomic E-state index is 13.3. The number of amides is 1. The largest absolute Gasteiger partial charge is 0.480 e. The third kappa shape index (κ3) is 4.27. The van der Waals surface area contributed by atoms with Gasteiger partial charge in [-0.15, -0.1) is 0 Å². The van der Waals surface area contributed by atoms with E-state index in [-0.39, 0.29) is 11.8 Å². The lowest BCUT2D eigenvalue weighted by molar-refractivity contribution is -0.151. The molecule has 0 bridgehead atoms. The number of benzene rings is 1.